The molecule has 2 aromatic heterocycles. The van der Waals surface area contributed by atoms with Crippen LogP contribution in [0.3, 0.4) is 0 Å². The molecular weight excluding hydrogens is 294 g/mol. The Morgan fingerprint density at radius 3 is 2.91 bits per heavy atom. The van der Waals surface area contributed by atoms with Crippen molar-refractivity contribution in [3.63, 3.8) is 0 Å². The number of carbonyl (C=O) groups excluding carboxylic acids is 2. The molecule has 116 valence electrons. The number of rotatable bonds is 2. The molecule has 3 heterocycles. The minimum absolute atomic E-state index is 0.0601. The van der Waals surface area contributed by atoms with E-state index in [2.05, 4.69) is 21.9 Å². The number of likely N-dealkylation sites (tertiary alicyclic amines) is 1. The van der Waals surface area contributed by atoms with Crippen molar-refractivity contribution < 1.29 is 9.59 Å². The van der Waals surface area contributed by atoms with E-state index >= 15 is 0 Å². The molecule has 7 heteroatoms. The Hall–Kier alpha value is -3.14. The fourth-order valence-corrected chi connectivity index (χ4v) is 2.33. The first-order valence-electron chi connectivity index (χ1n) is 7.13. The average Bonchev–Trinajstić information content (AvgIpc) is 3.15. The third-order valence-corrected chi connectivity index (χ3v) is 3.64. The lowest BCUT2D eigenvalue weighted by Crippen LogP contribution is -2.21. The van der Waals surface area contributed by atoms with Crippen LogP contribution in [0.25, 0.3) is 5.82 Å². The summed E-state index contributed by atoms with van der Waals surface area (Å²) in [5, 5.41) is 4.05. The van der Waals surface area contributed by atoms with Crippen molar-refractivity contribution in [2.45, 2.75) is 6.42 Å². The van der Waals surface area contributed by atoms with Gasteiger partial charge in [0.15, 0.2) is 5.82 Å². The van der Waals surface area contributed by atoms with Gasteiger partial charge in [-0.25, -0.2) is 9.67 Å². The number of hydrogen-bond acceptors (Lipinski definition) is 4. The Balaban J connectivity index is 1.83. The monoisotopic (exact) mass is 309 g/mol. The second-order valence-electron chi connectivity index (χ2n) is 5.28. The first-order chi connectivity index (χ1) is 11.0. The van der Waals surface area contributed by atoms with Gasteiger partial charge in [-0.15, -0.1) is 0 Å². The standard InChI is InChI=1S/C16H15N5O2/c1-20-8-5-12(16(20)23)3-2-11-4-7-18-14(10-11)21-9-6-13(19-21)15(17)22/h4,6-7,9-10,12H,5,8H2,1H3,(H2,17,22)/t12-/m1/s1. The van der Waals surface area contributed by atoms with Gasteiger partial charge in [-0.3, -0.25) is 9.59 Å². The van der Waals surface area contributed by atoms with E-state index in [-0.39, 0.29) is 17.5 Å². The van der Waals surface area contributed by atoms with Crippen LogP contribution >= 0.6 is 0 Å². The highest BCUT2D eigenvalue weighted by Crippen LogP contribution is 2.15. The molecule has 23 heavy (non-hydrogen) atoms. The highest BCUT2D eigenvalue weighted by atomic mass is 16.2. The summed E-state index contributed by atoms with van der Waals surface area (Å²) in [5.74, 6) is 5.76. The van der Waals surface area contributed by atoms with Gasteiger partial charge in [-0.2, -0.15) is 5.10 Å². The Bertz CT molecular complexity index is 830. The molecule has 1 saturated heterocycles. The summed E-state index contributed by atoms with van der Waals surface area (Å²) in [4.78, 5) is 28.8. The first-order valence-corrected chi connectivity index (χ1v) is 7.13. The molecule has 2 amide bonds. The summed E-state index contributed by atoms with van der Waals surface area (Å²) in [6.07, 6.45) is 3.96. The molecule has 3 rings (SSSR count). The van der Waals surface area contributed by atoms with Crippen LogP contribution in [0.1, 0.15) is 22.5 Å². The van der Waals surface area contributed by atoms with Crippen LogP contribution in [0.5, 0.6) is 0 Å². The number of aromatic nitrogens is 3. The second kappa shape index (κ2) is 5.93. The van der Waals surface area contributed by atoms with Crippen molar-refractivity contribution in [3.8, 4) is 17.7 Å². The summed E-state index contributed by atoms with van der Waals surface area (Å²) in [6, 6.07) is 5.03. The summed E-state index contributed by atoms with van der Waals surface area (Å²) in [6.45, 7) is 0.739. The molecule has 0 saturated carbocycles. The van der Waals surface area contributed by atoms with Crippen LogP contribution in [-0.2, 0) is 4.79 Å². The maximum absolute atomic E-state index is 11.8. The van der Waals surface area contributed by atoms with Gasteiger partial charge < -0.3 is 10.6 Å². The predicted octanol–water partition coefficient (Wildman–Crippen LogP) is 0.196. The number of hydrogen-bond donors (Lipinski definition) is 1. The molecule has 0 aromatic carbocycles. The molecule has 0 aliphatic carbocycles. The zero-order chi connectivity index (χ0) is 16.4. The van der Waals surface area contributed by atoms with Crippen LogP contribution in [0.15, 0.2) is 30.6 Å². The molecule has 7 nitrogen and oxygen atoms in total. The van der Waals surface area contributed by atoms with Crippen LogP contribution < -0.4 is 5.73 Å². The molecule has 1 aliphatic heterocycles. The summed E-state index contributed by atoms with van der Waals surface area (Å²) >= 11 is 0. The molecule has 1 atom stereocenters. The number of pyridine rings is 1. The summed E-state index contributed by atoms with van der Waals surface area (Å²) < 4.78 is 1.46. The number of amides is 2. The predicted molar refractivity (Wildman–Crippen MR) is 82.5 cm³/mol. The maximum Gasteiger partial charge on any atom is 0.269 e. The third-order valence-electron chi connectivity index (χ3n) is 3.64. The Morgan fingerprint density at radius 2 is 2.26 bits per heavy atom. The quantitative estimate of drug-likeness (QED) is 0.802. The maximum atomic E-state index is 11.8. The Labute approximate surface area is 133 Å². The van der Waals surface area contributed by atoms with E-state index in [0.717, 1.165) is 18.5 Å². The lowest BCUT2D eigenvalue weighted by Gasteiger charge is -2.05. The Kier molecular flexibility index (Phi) is 3.81. The minimum Gasteiger partial charge on any atom is -0.364 e. The fourth-order valence-electron chi connectivity index (χ4n) is 2.33. The van der Waals surface area contributed by atoms with Gasteiger partial charge in [0.2, 0.25) is 5.91 Å². The molecule has 1 fully saturated rings. The zero-order valence-corrected chi connectivity index (χ0v) is 12.6. The molecule has 2 aromatic rings. The number of nitrogens with zero attached hydrogens (tertiary/aromatic N) is 4. The average molecular weight is 309 g/mol. The topological polar surface area (TPSA) is 94.1 Å². The van der Waals surface area contributed by atoms with Crippen molar-refractivity contribution >= 4 is 11.8 Å². The molecule has 2 N–H and O–H groups in total. The van der Waals surface area contributed by atoms with Crippen LogP contribution in [0.2, 0.25) is 0 Å². The second-order valence-corrected chi connectivity index (χ2v) is 5.28. The smallest absolute Gasteiger partial charge is 0.269 e. The number of nitrogens with two attached hydrogens (primary N) is 1. The summed E-state index contributed by atoms with van der Waals surface area (Å²) in [5.41, 5.74) is 6.08. The normalized spacial score (nSPS) is 17.0. The van der Waals surface area contributed by atoms with Crippen molar-refractivity contribution in [2.75, 3.05) is 13.6 Å². The van der Waals surface area contributed by atoms with E-state index in [1.165, 1.54) is 10.7 Å². The molecular formula is C16H15N5O2. The van der Waals surface area contributed by atoms with Gasteiger partial charge in [0.1, 0.15) is 11.6 Å². The highest BCUT2D eigenvalue weighted by Gasteiger charge is 2.27. The van der Waals surface area contributed by atoms with Gasteiger partial charge in [0, 0.05) is 31.5 Å². The first kappa shape index (κ1) is 14.8. The third kappa shape index (κ3) is 3.06. The van der Waals surface area contributed by atoms with Crippen LogP contribution in [0, 0.1) is 17.8 Å². The molecule has 0 spiro atoms. The zero-order valence-electron chi connectivity index (χ0n) is 12.6. The van der Waals surface area contributed by atoms with Crippen molar-refractivity contribution in [2.24, 2.45) is 11.7 Å². The van der Waals surface area contributed by atoms with Crippen molar-refractivity contribution in [3.05, 3.63) is 41.9 Å². The summed E-state index contributed by atoms with van der Waals surface area (Å²) in [7, 11) is 1.78. The van der Waals surface area contributed by atoms with Gasteiger partial charge in [0.25, 0.3) is 5.91 Å². The number of primary amides is 1. The van der Waals surface area contributed by atoms with E-state index in [1.807, 2.05) is 0 Å². The van der Waals surface area contributed by atoms with Crippen LogP contribution in [0.4, 0.5) is 0 Å². The Morgan fingerprint density at radius 1 is 1.43 bits per heavy atom. The molecule has 0 bridgehead atoms. The molecule has 0 radical (unpaired) electrons. The fraction of sp³-hybridized carbons (Fsp3) is 0.250. The number of carbonyl (C=O) groups is 2. The van der Waals surface area contributed by atoms with E-state index in [4.69, 9.17) is 5.73 Å². The molecule has 0 unspecified atom stereocenters. The van der Waals surface area contributed by atoms with Gasteiger partial charge in [-0.1, -0.05) is 11.8 Å². The lowest BCUT2D eigenvalue weighted by molar-refractivity contribution is -0.128. The van der Waals surface area contributed by atoms with Gasteiger partial charge >= 0.3 is 0 Å². The largest absolute Gasteiger partial charge is 0.364 e. The van der Waals surface area contributed by atoms with Gasteiger partial charge in [-0.05, 0) is 24.6 Å². The van der Waals surface area contributed by atoms with E-state index in [0.29, 0.717) is 5.82 Å². The minimum atomic E-state index is -0.594. The van der Waals surface area contributed by atoms with E-state index in [1.54, 1.807) is 36.5 Å². The SMILES string of the molecule is CN1CC[C@@H](C#Cc2ccnc(-n3ccc(C(N)=O)n3)c2)C1=O. The van der Waals surface area contributed by atoms with E-state index < -0.39 is 5.91 Å². The highest BCUT2D eigenvalue weighted by molar-refractivity contribution is 5.90. The van der Waals surface area contributed by atoms with E-state index in [9.17, 15) is 9.59 Å². The van der Waals surface area contributed by atoms with Crippen molar-refractivity contribution in [1.82, 2.24) is 19.7 Å². The lowest BCUT2D eigenvalue weighted by atomic mass is 10.1. The van der Waals surface area contributed by atoms with Gasteiger partial charge in [0.05, 0.1) is 0 Å². The van der Waals surface area contributed by atoms with Crippen molar-refractivity contribution in [1.29, 1.82) is 0 Å². The molecule has 1 aliphatic rings. The van der Waals surface area contributed by atoms with Crippen LogP contribution in [-0.4, -0.2) is 45.1 Å².